The molecule has 140 valence electrons. The third kappa shape index (κ3) is 5.76. The van der Waals surface area contributed by atoms with Gasteiger partial charge in [0.2, 0.25) is 0 Å². The van der Waals surface area contributed by atoms with Crippen molar-refractivity contribution < 1.29 is 18.0 Å². The summed E-state index contributed by atoms with van der Waals surface area (Å²) in [5, 5.41) is 4.84. The second kappa shape index (κ2) is 8.25. The SMILES string of the molecule is C[C@@H](CNC(=O)Nc1ccc(Cl)cc1C(F)(F)F)N1CCN(C)CC1. The first-order valence-electron chi connectivity index (χ1n) is 8.01. The van der Waals surface area contributed by atoms with E-state index in [-0.39, 0.29) is 16.8 Å². The lowest BCUT2D eigenvalue weighted by Crippen LogP contribution is -2.51. The van der Waals surface area contributed by atoms with E-state index < -0.39 is 17.8 Å². The molecule has 0 saturated carbocycles. The molecule has 0 bridgehead atoms. The lowest BCUT2D eigenvalue weighted by molar-refractivity contribution is -0.136. The van der Waals surface area contributed by atoms with Crippen molar-refractivity contribution in [2.24, 2.45) is 0 Å². The highest BCUT2D eigenvalue weighted by atomic mass is 35.5. The molecule has 1 aromatic carbocycles. The lowest BCUT2D eigenvalue weighted by Gasteiger charge is -2.36. The Morgan fingerprint density at radius 2 is 1.92 bits per heavy atom. The van der Waals surface area contributed by atoms with Crippen LogP contribution in [0.15, 0.2) is 18.2 Å². The van der Waals surface area contributed by atoms with Gasteiger partial charge in [-0.05, 0) is 32.2 Å². The summed E-state index contributed by atoms with van der Waals surface area (Å²) >= 11 is 5.62. The molecule has 1 aliphatic rings. The molecule has 0 aliphatic carbocycles. The van der Waals surface area contributed by atoms with Gasteiger partial charge in [0.1, 0.15) is 0 Å². The zero-order valence-corrected chi connectivity index (χ0v) is 14.9. The average molecular weight is 379 g/mol. The van der Waals surface area contributed by atoms with Gasteiger partial charge in [-0.3, -0.25) is 4.90 Å². The van der Waals surface area contributed by atoms with Crippen LogP contribution >= 0.6 is 11.6 Å². The van der Waals surface area contributed by atoms with Crippen LogP contribution < -0.4 is 10.6 Å². The maximum absolute atomic E-state index is 13.0. The Kier molecular flexibility index (Phi) is 6.53. The molecule has 2 N–H and O–H groups in total. The first kappa shape index (κ1) is 19.8. The summed E-state index contributed by atoms with van der Waals surface area (Å²) < 4.78 is 39.1. The highest BCUT2D eigenvalue weighted by Gasteiger charge is 2.34. The predicted molar refractivity (Wildman–Crippen MR) is 92.0 cm³/mol. The summed E-state index contributed by atoms with van der Waals surface area (Å²) in [5.41, 5.74) is -1.29. The summed E-state index contributed by atoms with van der Waals surface area (Å²) in [6, 6.07) is 2.68. The summed E-state index contributed by atoms with van der Waals surface area (Å²) in [6.45, 7) is 6.04. The van der Waals surface area contributed by atoms with Crippen LogP contribution in [0.1, 0.15) is 12.5 Å². The van der Waals surface area contributed by atoms with Crippen molar-refractivity contribution in [3.8, 4) is 0 Å². The van der Waals surface area contributed by atoms with Crippen molar-refractivity contribution >= 4 is 23.3 Å². The van der Waals surface area contributed by atoms with Crippen LogP contribution in [0.4, 0.5) is 23.7 Å². The second-order valence-corrected chi connectivity index (χ2v) is 6.65. The van der Waals surface area contributed by atoms with Crippen molar-refractivity contribution in [2.45, 2.75) is 19.1 Å². The first-order valence-corrected chi connectivity index (χ1v) is 8.39. The van der Waals surface area contributed by atoms with Gasteiger partial charge in [0, 0.05) is 43.8 Å². The number of halogens is 4. The molecule has 1 fully saturated rings. The van der Waals surface area contributed by atoms with E-state index in [2.05, 4.69) is 27.5 Å². The number of urea groups is 1. The Balaban J connectivity index is 1.90. The van der Waals surface area contributed by atoms with Gasteiger partial charge in [-0.1, -0.05) is 11.6 Å². The van der Waals surface area contributed by atoms with E-state index in [1.54, 1.807) is 0 Å². The Hall–Kier alpha value is -1.51. The molecule has 5 nitrogen and oxygen atoms in total. The third-order valence-electron chi connectivity index (χ3n) is 4.25. The van der Waals surface area contributed by atoms with Gasteiger partial charge in [-0.25, -0.2) is 4.79 Å². The number of nitrogens with zero attached hydrogens (tertiary/aromatic N) is 2. The van der Waals surface area contributed by atoms with E-state index in [0.717, 1.165) is 38.3 Å². The number of carbonyl (C=O) groups is 1. The molecule has 9 heteroatoms. The van der Waals surface area contributed by atoms with E-state index in [4.69, 9.17) is 11.6 Å². The average Bonchev–Trinajstić information content (AvgIpc) is 2.54. The summed E-state index contributed by atoms with van der Waals surface area (Å²) in [7, 11) is 2.05. The number of hydrogen-bond donors (Lipinski definition) is 2. The molecule has 2 rings (SSSR count). The molecule has 2 amide bonds. The van der Waals surface area contributed by atoms with Gasteiger partial charge < -0.3 is 15.5 Å². The molecular weight excluding hydrogens is 357 g/mol. The van der Waals surface area contributed by atoms with Crippen molar-refractivity contribution in [3.63, 3.8) is 0 Å². The number of anilines is 1. The number of likely N-dealkylation sites (N-methyl/N-ethyl adjacent to an activating group) is 1. The topological polar surface area (TPSA) is 47.6 Å². The van der Waals surface area contributed by atoms with Crippen molar-refractivity contribution in [2.75, 3.05) is 45.1 Å². The molecule has 0 spiro atoms. The highest BCUT2D eigenvalue weighted by molar-refractivity contribution is 6.30. The minimum atomic E-state index is -4.60. The third-order valence-corrected chi connectivity index (χ3v) is 4.49. The Morgan fingerprint density at radius 1 is 1.28 bits per heavy atom. The van der Waals surface area contributed by atoms with Gasteiger partial charge in [-0.15, -0.1) is 0 Å². The van der Waals surface area contributed by atoms with Crippen LogP contribution in [0.3, 0.4) is 0 Å². The van der Waals surface area contributed by atoms with Gasteiger partial charge in [0.25, 0.3) is 0 Å². The van der Waals surface area contributed by atoms with E-state index in [0.29, 0.717) is 6.54 Å². The number of carbonyl (C=O) groups excluding carboxylic acids is 1. The van der Waals surface area contributed by atoms with E-state index in [9.17, 15) is 18.0 Å². The fourth-order valence-electron chi connectivity index (χ4n) is 2.66. The molecule has 0 aromatic heterocycles. The van der Waals surface area contributed by atoms with E-state index >= 15 is 0 Å². The van der Waals surface area contributed by atoms with Gasteiger partial charge in [0.15, 0.2) is 0 Å². The summed E-state index contributed by atoms with van der Waals surface area (Å²) in [6.07, 6.45) is -4.60. The number of nitrogens with one attached hydrogen (secondary N) is 2. The summed E-state index contributed by atoms with van der Waals surface area (Å²) in [4.78, 5) is 16.4. The van der Waals surface area contributed by atoms with Crippen molar-refractivity contribution in [1.82, 2.24) is 15.1 Å². The van der Waals surface area contributed by atoms with Gasteiger partial charge in [-0.2, -0.15) is 13.2 Å². The minimum Gasteiger partial charge on any atom is -0.336 e. The van der Waals surface area contributed by atoms with E-state index in [1.807, 2.05) is 6.92 Å². The molecule has 1 aliphatic heterocycles. The van der Waals surface area contributed by atoms with Gasteiger partial charge in [0.05, 0.1) is 11.3 Å². The molecule has 1 saturated heterocycles. The predicted octanol–water partition coefficient (Wildman–Crippen LogP) is 3.12. The quantitative estimate of drug-likeness (QED) is 0.846. The number of amides is 2. The lowest BCUT2D eigenvalue weighted by atomic mass is 10.1. The Bertz CT molecular complexity index is 604. The molecule has 1 atom stereocenters. The van der Waals surface area contributed by atoms with Crippen LogP contribution in [-0.2, 0) is 6.18 Å². The maximum atomic E-state index is 13.0. The second-order valence-electron chi connectivity index (χ2n) is 6.21. The first-order chi connectivity index (χ1) is 11.7. The number of rotatable bonds is 4. The number of alkyl halides is 3. The molecule has 1 aromatic rings. The normalized spacial score (nSPS) is 18.0. The highest BCUT2D eigenvalue weighted by Crippen LogP contribution is 2.36. The largest absolute Gasteiger partial charge is 0.418 e. The monoisotopic (exact) mass is 378 g/mol. The van der Waals surface area contributed by atoms with Crippen LogP contribution in [-0.4, -0.2) is 61.6 Å². The molecule has 0 unspecified atom stereocenters. The van der Waals surface area contributed by atoms with Crippen molar-refractivity contribution in [1.29, 1.82) is 0 Å². The minimum absolute atomic E-state index is 0.0398. The van der Waals surface area contributed by atoms with E-state index in [1.165, 1.54) is 6.07 Å². The fourth-order valence-corrected chi connectivity index (χ4v) is 2.83. The molecule has 25 heavy (non-hydrogen) atoms. The number of benzene rings is 1. The fraction of sp³-hybridized carbons (Fsp3) is 0.562. The Morgan fingerprint density at radius 3 is 2.52 bits per heavy atom. The van der Waals surface area contributed by atoms with Crippen LogP contribution in [0.25, 0.3) is 0 Å². The molecule has 0 radical (unpaired) electrons. The smallest absolute Gasteiger partial charge is 0.336 e. The standard InChI is InChI=1S/C16H22ClF3N4O/c1-11(24-7-5-23(2)6-8-24)10-21-15(25)22-14-4-3-12(17)9-13(14)16(18,19)20/h3-4,9,11H,5-8,10H2,1-2H3,(H2,21,22,25)/t11-/m0/s1. The van der Waals surface area contributed by atoms with Crippen molar-refractivity contribution in [3.05, 3.63) is 28.8 Å². The zero-order chi connectivity index (χ0) is 18.6. The van der Waals surface area contributed by atoms with Crippen LogP contribution in [0, 0.1) is 0 Å². The maximum Gasteiger partial charge on any atom is 0.418 e. The Labute approximate surface area is 150 Å². The van der Waals surface area contributed by atoms with Crippen LogP contribution in [0.5, 0.6) is 0 Å². The molecular formula is C16H22ClF3N4O. The zero-order valence-electron chi connectivity index (χ0n) is 14.2. The van der Waals surface area contributed by atoms with Gasteiger partial charge >= 0.3 is 12.2 Å². The van der Waals surface area contributed by atoms with Crippen LogP contribution in [0.2, 0.25) is 5.02 Å². The summed E-state index contributed by atoms with van der Waals surface area (Å²) in [5.74, 6) is 0. The molecule has 1 heterocycles. The number of hydrogen-bond acceptors (Lipinski definition) is 3. The number of piperazine rings is 1.